The molecule has 1 atom stereocenters. The molecule has 1 aromatic heterocycles. The van der Waals surface area contributed by atoms with E-state index in [1.54, 1.807) is 4.90 Å². The molecular weight excluding hydrogens is 351 g/mol. The van der Waals surface area contributed by atoms with Gasteiger partial charge in [0.1, 0.15) is 0 Å². The Morgan fingerprint density at radius 3 is 2.77 bits per heavy atom. The molecule has 6 nitrogen and oxygen atoms in total. The Morgan fingerprint density at radius 1 is 1.38 bits per heavy atom. The lowest BCUT2D eigenvalue weighted by Gasteiger charge is -2.33. The fraction of sp³-hybridized carbons (Fsp3) is 0.588. The van der Waals surface area contributed by atoms with Crippen LogP contribution in [0.25, 0.3) is 0 Å². The molecule has 1 aromatic rings. The smallest absolute Gasteiger partial charge is 0.422 e. The lowest BCUT2D eigenvalue weighted by Crippen LogP contribution is -2.49. The molecule has 0 spiro atoms. The number of alkyl halides is 3. The topological polar surface area (TPSA) is 71.5 Å². The number of nitrogens with one attached hydrogen (secondary N) is 1. The van der Waals surface area contributed by atoms with E-state index in [9.17, 15) is 22.8 Å². The van der Waals surface area contributed by atoms with Crippen LogP contribution in [0.2, 0.25) is 0 Å². The molecule has 1 saturated heterocycles. The summed E-state index contributed by atoms with van der Waals surface area (Å²) in [7, 11) is 0. The van der Waals surface area contributed by atoms with Crippen molar-refractivity contribution in [3.05, 3.63) is 23.9 Å². The predicted octanol–water partition coefficient (Wildman–Crippen LogP) is 2.54. The molecule has 9 heteroatoms. The number of halogens is 3. The SMILES string of the molecule is CCCC(=O)NC1CCCN(C(=O)c2ccc(OCC(F)(F)F)nc2)C1. The molecule has 144 valence electrons. The second-order valence-corrected chi connectivity index (χ2v) is 6.20. The first-order valence-corrected chi connectivity index (χ1v) is 8.52. The third-order valence-corrected chi connectivity index (χ3v) is 3.92. The van der Waals surface area contributed by atoms with Crippen molar-refractivity contribution in [2.75, 3.05) is 19.7 Å². The summed E-state index contributed by atoms with van der Waals surface area (Å²) < 4.78 is 40.9. The van der Waals surface area contributed by atoms with Crippen LogP contribution >= 0.6 is 0 Å². The zero-order valence-corrected chi connectivity index (χ0v) is 14.5. The van der Waals surface area contributed by atoms with Crippen molar-refractivity contribution >= 4 is 11.8 Å². The van der Waals surface area contributed by atoms with Crippen molar-refractivity contribution in [2.45, 2.75) is 44.8 Å². The van der Waals surface area contributed by atoms with E-state index in [1.807, 2.05) is 6.92 Å². The Hall–Kier alpha value is -2.32. The fourth-order valence-corrected chi connectivity index (χ4v) is 2.74. The average molecular weight is 373 g/mol. The Bertz CT molecular complexity index is 620. The average Bonchev–Trinajstić information content (AvgIpc) is 2.59. The molecule has 1 fully saturated rings. The number of pyridine rings is 1. The first-order chi connectivity index (χ1) is 12.3. The van der Waals surface area contributed by atoms with Crippen LogP contribution in [-0.4, -0.2) is 53.6 Å². The van der Waals surface area contributed by atoms with E-state index in [0.29, 0.717) is 19.5 Å². The summed E-state index contributed by atoms with van der Waals surface area (Å²) in [6.07, 6.45) is -0.456. The van der Waals surface area contributed by atoms with Crippen LogP contribution in [0.1, 0.15) is 43.0 Å². The second kappa shape index (κ2) is 8.86. The van der Waals surface area contributed by atoms with Gasteiger partial charge in [0.2, 0.25) is 11.8 Å². The summed E-state index contributed by atoms with van der Waals surface area (Å²) in [5, 5.41) is 2.92. The number of rotatable bonds is 6. The lowest BCUT2D eigenvalue weighted by molar-refractivity contribution is -0.154. The molecule has 0 aromatic carbocycles. The normalized spacial score (nSPS) is 17.7. The summed E-state index contributed by atoms with van der Waals surface area (Å²) in [6.45, 7) is 1.45. The van der Waals surface area contributed by atoms with Gasteiger partial charge in [0.15, 0.2) is 6.61 Å². The molecule has 2 rings (SSSR count). The van der Waals surface area contributed by atoms with Crippen LogP contribution in [0.4, 0.5) is 13.2 Å². The molecule has 26 heavy (non-hydrogen) atoms. The maximum absolute atomic E-state index is 12.5. The number of hydrogen-bond donors (Lipinski definition) is 1. The highest BCUT2D eigenvalue weighted by atomic mass is 19.4. The molecule has 1 N–H and O–H groups in total. The molecule has 0 aliphatic carbocycles. The van der Waals surface area contributed by atoms with Crippen molar-refractivity contribution in [3.63, 3.8) is 0 Å². The molecule has 2 amide bonds. The van der Waals surface area contributed by atoms with E-state index in [0.717, 1.165) is 19.3 Å². The molecule has 0 bridgehead atoms. The van der Waals surface area contributed by atoms with Crippen molar-refractivity contribution in [1.82, 2.24) is 15.2 Å². The quantitative estimate of drug-likeness (QED) is 0.832. The Kier molecular flexibility index (Phi) is 6.82. The predicted molar refractivity (Wildman–Crippen MR) is 87.8 cm³/mol. The van der Waals surface area contributed by atoms with Gasteiger partial charge in [0.05, 0.1) is 5.56 Å². The number of carbonyl (C=O) groups excluding carboxylic acids is 2. The standard InChI is InChI=1S/C17H22F3N3O3/c1-2-4-14(24)22-13-5-3-8-23(10-13)16(25)12-6-7-15(21-9-12)26-11-17(18,19)20/h6-7,9,13H,2-5,8,10-11H2,1H3,(H,22,24). The Balaban J connectivity index is 1.92. The second-order valence-electron chi connectivity index (χ2n) is 6.20. The molecule has 0 saturated carbocycles. The third kappa shape index (κ3) is 6.20. The maximum Gasteiger partial charge on any atom is 0.422 e. The number of piperidine rings is 1. The van der Waals surface area contributed by atoms with Gasteiger partial charge in [-0.2, -0.15) is 13.2 Å². The molecule has 0 radical (unpaired) electrons. The maximum atomic E-state index is 12.5. The lowest BCUT2D eigenvalue weighted by atomic mass is 10.0. The molecule has 1 unspecified atom stereocenters. The molecule has 1 aliphatic heterocycles. The van der Waals surface area contributed by atoms with Crippen molar-refractivity contribution in [1.29, 1.82) is 0 Å². The largest absolute Gasteiger partial charge is 0.468 e. The van der Waals surface area contributed by atoms with E-state index >= 15 is 0 Å². The summed E-state index contributed by atoms with van der Waals surface area (Å²) in [6, 6.07) is 2.54. The summed E-state index contributed by atoms with van der Waals surface area (Å²) in [5.41, 5.74) is 0.268. The summed E-state index contributed by atoms with van der Waals surface area (Å²) >= 11 is 0. The third-order valence-electron chi connectivity index (χ3n) is 3.92. The highest BCUT2D eigenvalue weighted by Crippen LogP contribution is 2.18. The van der Waals surface area contributed by atoms with Gasteiger partial charge in [-0.15, -0.1) is 0 Å². The van der Waals surface area contributed by atoms with Crippen LogP contribution in [-0.2, 0) is 4.79 Å². The van der Waals surface area contributed by atoms with Crippen LogP contribution in [0.15, 0.2) is 18.3 Å². The summed E-state index contributed by atoms with van der Waals surface area (Å²) in [4.78, 5) is 29.6. The fourth-order valence-electron chi connectivity index (χ4n) is 2.74. The van der Waals surface area contributed by atoms with Crippen LogP contribution in [0, 0.1) is 0 Å². The van der Waals surface area contributed by atoms with Crippen LogP contribution in [0.3, 0.4) is 0 Å². The van der Waals surface area contributed by atoms with Gasteiger partial charge in [0.25, 0.3) is 5.91 Å². The van der Waals surface area contributed by atoms with Gasteiger partial charge in [-0.1, -0.05) is 6.92 Å². The highest BCUT2D eigenvalue weighted by molar-refractivity contribution is 5.94. The van der Waals surface area contributed by atoms with Crippen LogP contribution < -0.4 is 10.1 Å². The van der Waals surface area contributed by atoms with E-state index < -0.39 is 12.8 Å². The van der Waals surface area contributed by atoms with Gasteiger partial charge < -0.3 is 15.0 Å². The molecular formula is C17H22F3N3O3. The van der Waals surface area contributed by atoms with Crippen LogP contribution in [0.5, 0.6) is 5.88 Å². The number of ether oxygens (including phenoxy) is 1. The van der Waals surface area contributed by atoms with Gasteiger partial charge in [-0.05, 0) is 25.3 Å². The van der Waals surface area contributed by atoms with E-state index in [4.69, 9.17) is 0 Å². The van der Waals surface area contributed by atoms with Gasteiger partial charge in [0, 0.05) is 37.8 Å². The Labute approximate surface area is 149 Å². The highest BCUT2D eigenvalue weighted by Gasteiger charge is 2.29. The number of aromatic nitrogens is 1. The van der Waals surface area contributed by atoms with E-state index in [-0.39, 0.29) is 29.3 Å². The minimum absolute atomic E-state index is 0.0281. The first kappa shape index (κ1) is 20.0. The zero-order chi connectivity index (χ0) is 19.2. The monoisotopic (exact) mass is 373 g/mol. The number of amides is 2. The van der Waals surface area contributed by atoms with E-state index in [2.05, 4.69) is 15.0 Å². The van der Waals surface area contributed by atoms with Crippen molar-refractivity contribution in [3.8, 4) is 5.88 Å². The minimum atomic E-state index is -4.44. The first-order valence-electron chi connectivity index (χ1n) is 8.52. The van der Waals surface area contributed by atoms with Crippen molar-refractivity contribution in [2.24, 2.45) is 0 Å². The van der Waals surface area contributed by atoms with Crippen molar-refractivity contribution < 1.29 is 27.5 Å². The number of likely N-dealkylation sites (tertiary alicyclic amines) is 1. The number of nitrogens with zero attached hydrogens (tertiary/aromatic N) is 2. The van der Waals surface area contributed by atoms with Gasteiger partial charge in [-0.3, -0.25) is 9.59 Å². The van der Waals surface area contributed by atoms with Gasteiger partial charge >= 0.3 is 6.18 Å². The van der Waals surface area contributed by atoms with Gasteiger partial charge in [-0.25, -0.2) is 4.98 Å². The number of hydrogen-bond acceptors (Lipinski definition) is 4. The molecule has 2 heterocycles. The van der Waals surface area contributed by atoms with E-state index in [1.165, 1.54) is 18.3 Å². The zero-order valence-electron chi connectivity index (χ0n) is 14.5. The summed E-state index contributed by atoms with van der Waals surface area (Å²) in [5.74, 6) is -0.490. The number of carbonyl (C=O) groups is 2. The minimum Gasteiger partial charge on any atom is -0.468 e. The molecule has 1 aliphatic rings. The Morgan fingerprint density at radius 2 is 2.15 bits per heavy atom.